The summed E-state index contributed by atoms with van der Waals surface area (Å²) >= 11 is 3.30. The second-order valence-corrected chi connectivity index (χ2v) is 5.12. The highest BCUT2D eigenvalue weighted by atomic mass is 79.9. The Labute approximate surface area is 120 Å². The molecule has 2 rings (SSSR count). The summed E-state index contributed by atoms with van der Waals surface area (Å²) < 4.78 is 19.2. The molecule has 0 radical (unpaired) electrons. The van der Waals surface area contributed by atoms with E-state index in [9.17, 15) is 9.50 Å². The third kappa shape index (κ3) is 3.78. The summed E-state index contributed by atoms with van der Waals surface area (Å²) in [5.74, 6) is 0.428. The van der Waals surface area contributed by atoms with Crippen LogP contribution in [0, 0.1) is 5.82 Å². The zero-order chi connectivity index (χ0) is 13.8. The van der Waals surface area contributed by atoms with Gasteiger partial charge in [0.25, 0.3) is 0 Å². The highest BCUT2D eigenvalue weighted by Crippen LogP contribution is 2.22. The minimum Gasteiger partial charge on any atom is -0.489 e. The summed E-state index contributed by atoms with van der Waals surface area (Å²) in [6.07, 6.45) is -0.486. The van der Waals surface area contributed by atoms with Gasteiger partial charge in [-0.25, -0.2) is 4.39 Å². The molecule has 100 valence electrons. The average molecular weight is 325 g/mol. The molecule has 0 spiro atoms. The van der Waals surface area contributed by atoms with Crippen molar-refractivity contribution in [1.82, 2.24) is 0 Å². The largest absolute Gasteiger partial charge is 0.489 e. The molecule has 2 nitrogen and oxygen atoms in total. The Bertz CT molecular complexity index is 553. The normalized spacial score (nSPS) is 12.2. The molecule has 2 aromatic rings. The molecule has 0 saturated heterocycles. The number of hydrogen-bond donors (Lipinski definition) is 1. The smallest absolute Gasteiger partial charge is 0.124 e. The molecule has 1 N–H and O–H groups in total. The van der Waals surface area contributed by atoms with Crippen molar-refractivity contribution in [2.45, 2.75) is 19.6 Å². The van der Waals surface area contributed by atoms with Crippen LogP contribution < -0.4 is 4.74 Å². The van der Waals surface area contributed by atoms with Gasteiger partial charge in [-0.05, 0) is 36.8 Å². The van der Waals surface area contributed by atoms with Crippen molar-refractivity contribution in [1.29, 1.82) is 0 Å². The maximum atomic E-state index is 12.9. The van der Waals surface area contributed by atoms with Gasteiger partial charge < -0.3 is 9.84 Å². The molecule has 2 aromatic carbocycles. The van der Waals surface area contributed by atoms with Crippen molar-refractivity contribution >= 4 is 15.9 Å². The number of aliphatic hydroxyl groups excluding tert-OH is 1. The molecule has 19 heavy (non-hydrogen) atoms. The van der Waals surface area contributed by atoms with E-state index in [1.807, 2.05) is 12.1 Å². The fourth-order valence-corrected chi connectivity index (χ4v) is 2.11. The Balaban J connectivity index is 2.02. The third-order valence-corrected chi connectivity index (χ3v) is 3.51. The third-order valence-electron chi connectivity index (χ3n) is 2.77. The summed E-state index contributed by atoms with van der Waals surface area (Å²) in [5.41, 5.74) is 1.72. The van der Waals surface area contributed by atoms with E-state index in [2.05, 4.69) is 15.9 Å². The van der Waals surface area contributed by atoms with Gasteiger partial charge in [-0.1, -0.05) is 34.1 Å². The number of aliphatic hydroxyl groups is 1. The topological polar surface area (TPSA) is 29.5 Å². The van der Waals surface area contributed by atoms with E-state index in [0.717, 1.165) is 11.1 Å². The van der Waals surface area contributed by atoms with Gasteiger partial charge in [-0.3, -0.25) is 0 Å². The predicted molar refractivity (Wildman–Crippen MR) is 75.5 cm³/mol. The molecule has 0 unspecified atom stereocenters. The van der Waals surface area contributed by atoms with E-state index < -0.39 is 6.10 Å². The van der Waals surface area contributed by atoms with E-state index in [-0.39, 0.29) is 5.82 Å². The highest BCUT2D eigenvalue weighted by Gasteiger charge is 2.04. The minimum atomic E-state index is -0.486. The average Bonchev–Trinajstić information content (AvgIpc) is 2.38. The van der Waals surface area contributed by atoms with Gasteiger partial charge in [0.1, 0.15) is 18.2 Å². The first-order valence-corrected chi connectivity index (χ1v) is 6.70. The fraction of sp³-hybridized carbons (Fsp3) is 0.200. The Morgan fingerprint density at radius 1 is 1.21 bits per heavy atom. The number of rotatable bonds is 4. The van der Waals surface area contributed by atoms with Crippen molar-refractivity contribution in [3.8, 4) is 5.75 Å². The van der Waals surface area contributed by atoms with Gasteiger partial charge in [0.2, 0.25) is 0 Å². The summed E-state index contributed by atoms with van der Waals surface area (Å²) in [6.45, 7) is 2.07. The zero-order valence-corrected chi connectivity index (χ0v) is 12.0. The van der Waals surface area contributed by atoms with E-state index in [1.165, 1.54) is 12.1 Å². The first kappa shape index (κ1) is 14.0. The second-order valence-electron chi connectivity index (χ2n) is 4.27. The van der Waals surface area contributed by atoms with Crippen molar-refractivity contribution in [2.75, 3.05) is 0 Å². The fourth-order valence-electron chi connectivity index (χ4n) is 1.64. The van der Waals surface area contributed by atoms with Crippen LogP contribution in [0.25, 0.3) is 0 Å². The lowest BCUT2D eigenvalue weighted by molar-refractivity contribution is 0.199. The van der Waals surface area contributed by atoms with Crippen LogP contribution in [0.3, 0.4) is 0 Å². The van der Waals surface area contributed by atoms with Gasteiger partial charge in [0, 0.05) is 10.0 Å². The highest BCUT2D eigenvalue weighted by molar-refractivity contribution is 9.10. The standard InChI is InChI=1S/C15H14BrFO2/c1-10(18)11-3-6-14(7-4-11)19-9-12-2-5-13(17)8-15(12)16/h2-8,10,18H,9H2,1H3/t10-/m1/s1. The van der Waals surface area contributed by atoms with Crippen LogP contribution in [0.5, 0.6) is 5.75 Å². The molecule has 1 atom stereocenters. The summed E-state index contributed by atoms with van der Waals surface area (Å²) in [5, 5.41) is 9.40. The maximum Gasteiger partial charge on any atom is 0.124 e. The number of benzene rings is 2. The molecular formula is C15H14BrFO2. The Hall–Kier alpha value is -1.39. The minimum absolute atomic E-state index is 0.281. The molecule has 0 aliphatic carbocycles. The SMILES string of the molecule is C[C@@H](O)c1ccc(OCc2ccc(F)cc2Br)cc1. The van der Waals surface area contributed by atoms with Crippen molar-refractivity contribution in [2.24, 2.45) is 0 Å². The molecule has 0 aliphatic rings. The zero-order valence-electron chi connectivity index (χ0n) is 10.4. The van der Waals surface area contributed by atoms with Gasteiger partial charge in [-0.2, -0.15) is 0 Å². The van der Waals surface area contributed by atoms with Crippen LogP contribution >= 0.6 is 15.9 Å². The van der Waals surface area contributed by atoms with Gasteiger partial charge in [0.15, 0.2) is 0 Å². The summed E-state index contributed by atoms with van der Waals surface area (Å²) in [6, 6.07) is 11.7. The first-order valence-electron chi connectivity index (χ1n) is 5.91. The molecule has 0 saturated carbocycles. The number of halogens is 2. The molecule has 0 heterocycles. The molecule has 0 amide bonds. The Morgan fingerprint density at radius 2 is 1.89 bits per heavy atom. The van der Waals surface area contributed by atoms with Crippen LogP contribution in [0.4, 0.5) is 4.39 Å². The molecule has 0 aliphatic heterocycles. The molecule has 4 heteroatoms. The van der Waals surface area contributed by atoms with Crippen LogP contribution in [-0.4, -0.2) is 5.11 Å². The molecule has 0 aromatic heterocycles. The van der Waals surface area contributed by atoms with Gasteiger partial charge in [-0.15, -0.1) is 0 Å². The molecular weight excluding hydrogens is 311 g/mol. The lowest BCUT2D eigenvalue weighted by Crippen LogP contribution is -1.97. The van der Waals surface area contributed by atoms with Crippen LogP contribution in [0.15, 0.2) is 46.9 Å². The number of ether oxygens (including phenoxy) is 1. The lowest BCUT2D eigenvalue weighted by Gasteiger charge is -2.09. The quantitative estimate of drug-likeness (QED) is 0.912. The maximum absolute atomic E-state index is 12.9. The van der Waals surface area contributed by atoms with E-state index >= 15 is 0 Å². The van der Waals surface area contributed by atoms with E-state index in [1.54, 1.807) is 25.1 Å². The molecule has 0 fully saturated rings. The van der Waals surface area contributed by atoms with Crippen molar-refractivity contribution < 1.29 is 14.2 Å². The van der Waals surface area contributed by atoms with Crippen LogP contribution in [0.1, 0.15) is 24.2 Å². The summed E-state index contributed by atoms with van der Waals surface area (Å²) in [4.78, 5) is 0. The van der Waals surface area contributed by atoms with Gasteiger partial charge in [0.05, 0.1) is 6.10 Å². The monoisotopic (exact) mass is 324 g/mol. The first-order chi connectivity index (χ1) is 9.06. The van der Waals surface area contributed by atoms with E-state index in [0.29, 0.717) is 16.8 Å². The van der Waals surface area contributed by atoms with E-state index in [4.69, 9.17) is 4.74 Å². The molecule has 0 bridgehead atoms. The Morgan fingerprint density at radius 3 is 2.47 bits per heavy atom. The number of hydrogen-bond acceptors (Lipinski definition) is 2. The van der Waals surface area contributed by atoms with Crippen LogP contribution in [-0.2, 0) is 6.61 Å². The summed E-state index contributed by atoms with van der Waals surface area (Å²) in [7, 11) is 0. The second kappa shape index (κ2) is 6.17. The lowest BCUT2D eigenvalue weighted by atomic mass is 10.1. The van der Waals surface area contributed by atoms with Crippen LogP contribution in [0.2, 0.25) is 0 Å². The predicted octanol–water partition coefficient (Wildman–Crippen LogP) is 4.22. The van der Waals surface area contributed by atoms with Crippen molar-refractivity contribution in [3.63, 3.8) is 0 Å². The van der Waals surface area contributed by atoms with Crippen molar-refractivity contribution in [3.05, 3.63) is 63.9 Å². The van der Waals surface area contributed by atoms with Gasteiger partial charge >= 0.3 is 0 Å². The Kier molecular flexibility index (Phi) is 4.56.